The first-order valence-corrected chi connectivity index (χ1v) is 10.3. The molecule has 7 heteroatoms. The molecular weight excluding hydrogens is 360 g/mol. The first-order valence-electron chi connectivity index (χ1n) is 10.3. The lowest BCUT2D eigenvalue weighted by Gasteiger charge is -2.53. The summed E-state index contributed by atoms with van der Waals surface area (Å²) in [5.41, 5.74) is -1.31. The number of rotatable bonds is 7. The fourth-order valence-corrected chi connectivity index (χ4v) is 4.49. The van der Waals surface area contributed by atoms with E-state index < -0.39 is 17.2 Å². The zero-order chi connectivity index (χ0) is 20.2. The summed E-state index contributed by atoms with van der Waals surface area (Å²) in [6.45, 7) is 6.99. The van der Waals surface area contributed by atoms with Crippen LogP contribution in [0.25, 0.3) is 0 Å². The van der Waals surface area contributed by atoms with E-state index in [4.69, 9.17) is 13.9 Å². The first-order chi connectivity index (χ1) is 13.4. The second kappa shape index (κ2) is 8.95. The van der Waals surface area contributed by atoms with Gasteiger partial charge in [0.1, 0.15) is 24.2 Å². The van der Waals surface area contributed by atoms with Crippen LogP contribution in [0.1, 0.15) is 51.1 Å². The molecule has 2 aliphatic rings. The Kier molecular flexibility index (Phi) is 6.81. The van der Waals surface area contributed by atoms with Gasteiger partial charge in [-0.05, 0) is 44.7 Å². The number of amides is 1. The van der Waals surface area contributed by atoms with Gasteiger partial charge in [-0.3, -0.25) is 9.69 Å². The Bertz CT molecular complexity index is 653. The Labute approximate surface area is 167 Å². The average Bonchev–Trinajstić information content (AvgIpc) is 3.09. The molecule has 2 aliphatic heterocycles. The van der Waals surface area contributed by atoms with E-state index in [0.717, 1.165) is 56.8 Å². The minimum atomic E-state index is -0.753. The number of piperidine rings is 1. The zero-order valence-electron chi connectivity index (χ0n) is 17.3. The molecule has 1 aromatic heterocycles. The van der Waals surface area contributed by atoms with Gasteiger partial charge in [-0.15, -0.1) is 0 Å². The molecular formula is C21H34N2O5. The molecule has 3 rings (SSSR count). The number of hydrogen-bond donors (Lipinski definition) is 2. The summed E-state index contributed by atoms with van der Waals surface area (Å²) in [5.74, 6) is 1.82. The minimum Gasteiger partial charge on any atom is -0.465 e. The Morgan fingerprint density at radius 3 is 2.71 bits per heavy atom. The lowest BCUT2D eigenvalue weighted by Crippen LogP contribution is -2.69. The smallest absolute Gasteiger partial charge is 0.246 e. The van der Waals surface area contributed by atoms with Gasteiger partial charge in [0.2, 0.25) is 5.91 Å². The predicted molar refractivity (Wildman–Crippen MR) is 105 cm³/mol. The summed E-state index contributed by atoms with van der Waals surface area (Å²) < 4.78 is 16.9. The van der Waals surface area contributed by atoms with E-state index in [2.05, 4.69) is 29.3 Å². The highest BCUT2D eigenvalue weighted by Crippen LogP contribution is 2.40. The number of carbonyl (C=O) groups is 1. The van der Waals surface area contributed by atoms with Gasteiger partial charge in [0.05, 0.1) is 17.7 Å². The van der Waals surface area contributed by atoms with Gasteiger partial charge in [-0.25, -0.2) is 0 Å². The Morgan fingerprint density at radius 1 is 1.32 bits per heavy atom. The van der Waals surface area contributed by atoms with Crippen molar-refractivity contribution < 1.29 is 23.8 Å². The Balaban J connectivity index is 1.59. The Hall–Kier alpha value is -1.41. The number of hydrogen-bond acceptors (Lipinski definition) is 6. The van der Waals surface area contributed by atoms with Crippen LogP contribution in [-0.4, -0.2) is 66.6 Å². The topological polar surface area (TPSA) is 84.2 Å². The number of aliphatic hydroxyl groups excluding tert-OH is 1. The Morgan fingerprint density at radius 2 is 2.04 bits per heavy atom. The molecule has 2 fully saturated rings. The van der Waals surface area contributed by atoms with Crippen molar-refractivity contribution in [1.82, 2.24) is 10.2 Å². The molecule has 0 radical (unpaired) electrons. The van der Waals surface area contributed by atoms with Crippen molar-refractivity contribution in [2.45, 2.75) is 69.7 Å². The molecule has 1 spiro atoms. The van der Waals surface area contributed by atoms with Gasteiger partial charge in [0.25, 0.3) is 0 Å². The molecule has 2 N–H and O–H groups in total. The van der Waals surface area contributed by atoms with Crippen LogP contribution >= 0.6 is 0 Å². The maximum atomic E-state index is 12.0. The number of likely N-dealkylation sites (tertiary alicyclic amines) is 1. The summed E-state index contributed by atoms with van der Waals surface area (Å²) in [4.78, 5) is 14.4. The van der Waals surface area contributed by atoms with Gasteiger partial charge in [0.15, 0.2) is 0 Å². The number of furan rings is 1. The second-order valence-electron chi connectivity index (χ2n) is 8.36. The number of methoxy groups -OCH3 is 1. The summed E-state index contributed by atoms with van der Waals surface area (Å²) in [6.07, 6.45) is 3.34. The van der Waals surface area contributed by atoms with E-state index >= 15 is 0 Å². The van der Waals surface area contributed by atoms with E-state index in [-0.39, 0.29) is 12.5 Å². The minimum absolute atomic E-state index is 0.00683. The molecule has 158 valence electrons. The van der Waals surface area contributed by atoms with Crippen LogP contribution in [0.5, 0.6) is 0 Å². The van der Waals surface area contributed by atoms with Crippen LogP contribution in [0.4, 0.5) is 0 Å². The number of nitrogens with zero attached hydrogens (tertiary/aromatic N) is 1. The van der Waals surface area contributed by atoms with Crippen molar-refractivity contribution in [2.75, 3.05) is 33.4 Å². The van der Waals surface area contributed by atoms with E-state index in [9.17, 15) is 9.90 Å². The lowest BCUT2D eigenvalue weighted by molar-refractivity contribution is -0.208. The molecule has 2 saturated heterocycles. The molecule has 28 heavy (non-hydrogen) atoms. The van der Waals surface area contributed by atoms with Gasteiger partial charge in [-0.2, -0.15) is 0 Å². The van der Waals surface area contributed by atoms with Crippen molar-refractivity contribution >= 4 is 5.91 Å². The fraction of sp³-hybridized carbons (Fsp3) is 0.762. The van der Waals surface area contributed by atoms with Crippen molar-refractivity contribution in [3.8, 4) is 0 Å². The van der Waals surface area contributed by atoms with Crippen molar-refractivity contribution in [1.29, 1.82) is 0 Å². The molecule has 7 nitrogen and oxygen atoms in total. The number of ether oxygens (including phenoxy) is 2. The molecule has 0 aromatic carbocycles. The largest absolute Gasteiger partial charge is 0.465 e. The van der Waals surface area contributed by atoms with Gasteiger partial charge in [-0.1, -0.05) is 6.92 Å². The molecule has 0 saturated carbocycles. The SMILES string of the molecule is CCCc1ccc(CN2CCC3(CC2)OCC[C@@](C)(NC(=O)COC)[C@@H]3O)o1. The third kappa shape index (κ3) is 4.59. The average molecular weight is 395 g/mol. The van der Waals surface area contributed by atoms with E-state index in [1.807, 2.05) is 6.92 Å². The zero-order valence-corrected chi connectivity index (χ0v) is 17.3. The third-order valence-electron chi connectivity index (χ3n) is 6.11. The number of nitrogens with one attached hydrogen (secondary N) is 1. The normalized spacial score (nSPS) is 27.8. The fourth-order valence-electron chi connectivity index (χ4n) is 4.49. The summed E-state index contributed by atoms with van der Waals surface area (Å²) in [6, 6.07) is 4.12. The van der Waals surface area contributed by atoms with Gasteiger partial charge in [0, 0.05) is 33.2 Å². The van der Waals surface area contributed by atoms with Crippen LogP contribution < -0.4 is 5.32 Å². The monoisotopic (exact) mass is 394 g/mol. The quantitative estimate of drug-likeness (QED) is 0.735. The summed E-state index contributed by atoms with van der Waals surface area (Å²) in [5, 5.41) is 14.1. The highest BCUT2D eigenvalue weighted by atomic mass is 16.5. The molecule has 1 aromatic rings. The standard InChI is InChI=1S/C21H34N2O5/c1-4-5-16-6-7-17(28-16)14-23-11-8-21(9-12-23)19(25)20(2,10-13-27-21)22-18(24)15-26-3/h6-7,19,25H,4-5,8-15H2,1-3H3,(H,22,24)/t19-,20+/m0/s1. The predicted octanol–water partition coefficient (Wildman–Crippen LogP) is 1.87. The number of aryl methyl sites for hydroxylation is 1. The van der Waals surface area contributed by atoms with E-state index in [1.54, 1.807) is 0 Å². The summed E-state index contributed by atoms with van der Waals surface area (Å²) >= 11 is 0. The maximum absolute atomic E-state index is 12.0. The van der Waals surface area contributed by atoms with Crippen LogP contribution in [0.15, 0.2) is 16.5 Å². The van der Waals surface area contributed by atoms with Crippen LogP contribution in [-0.2, 0) is 27.2 Å². The van der Waals surface area contributed by atoms with Crippen molar-refractivity contribution in [2.24, 2.45) is 0 Å². The lowest BCUT2D eigenvalue weighted by atomic mass is 9.73. The molecule has 0 unspecified atom stereocenters. The van der Waals surface area contributed by atoms with Crippen molar-refractivity contribution in [3.63, 3.8) is 0 Å². The molecule has 1 amide bonds. The van der Waals surface area contributed by atoms with Gasteiger partial charge < -0.3 is 24.3 Å². The van der Waals surface area contributed by atoms with Crippen LogP contribution in [0.3, 0.4) is 0 Å². The van der Waals surface area contributed by atoms with E-state index in [0.29, 0.717) is 13.0 Å². The van der Waals surface area contributed by atoms with Crippen molar-refractivity contribution in [3.05, 3.63) is 23.7 Å². The van der Waals surface area contributed by atoms with E-state index in [1.165, 1.54) is 7.11 Å². The molecule has 2 atom stereocenters. The van der Waals surface area contributed by atoms with Crippen LogP contribution in [0, 0.1) is 0 Å². The highest BCUT2D eigenvalue weighted by molar-refractivity contribution is 5.78. The molecule has 0 aliphatic carbocycles. The highest BCUT2D eigenvalue weighted by Gasteiger charge is 2.53. The summed E-state index contributed by atoms with van der Waals surface area (Å²) in [7, 11) is 1.49. The first kappa shape index (κ1) is 21.3. The second-order valence-corrected chi connectivity index (χ2v) is 8.36. The maximum Gasteiger partial charge on any atom is 0.246 e. The number of carbonyl (C=O) groups excluding carboxylic acids is 1. The molecule has 3 heterocycles. The van der Waals surface area contributed by atoms with Crippen LogP contribution in [0.2, 0.25) is 0 Å². The number of aliphatic hydroxyl groups is 1. The molecule has 0 bridgehead atoms. The van der Waals surface area contributed by atoms with Gasteiger partial charge >= 0.3 is 0 Å². The third-order valence-corrected chi connectivity index (χ3v) is 6.11.